The second-order valence-electron chi connectivity index (χ2n) is 4.15. The Morgan fingerprint density at radius 3 is 2.58 bits per heavy atom. The lowest BCUT2D eigenvalue weighted by Gasteiger charge is -2.01. The van der Waals surface area contributed by atoms with Gasteiger partial charge >= 0.3 is 0 Å². The van der Waals surface area contributed by atoms with E-state index >= 15 is 0 Å². The van der Waals surface area contributed by atoms with Crippen LogP contribution in [0.2, 0.25) is 0 Å². The normalized spacial score (nSPS) is 11.8. The third-order valence-corrected chi connectivity index (χ3v) is 4.03. The van der Waals surface area contributed by atoms with Gasteiger partial charge in [0, 0.05) is 24.2 Å². The molecule has 2 aromatic rings. The molecule has 0 radical (unpaired) electrons. The van der Waals surface area contributed by atoms with Gasteiger partial charge in [-0.1, -0.05) is 23.8 Å². The number of aliphatic imine (C=N–C) groups is 1. The molecule has 0 bridgehead atoms. The molecule has 0 saturated heterocycles. The molecule has 0 atom stereocenters. The van der Waals surface area contributed by atoms with E-state index in [0.717, 1.165) is 11.1 Å². The molecule has 4 nitrogen and oxygen atoms in total. The third kappa shape index (κ3) is 3.72. The highest BCUT2D eigenvalue weighted by molar-refractivity contribution is 7.91. The van der Waals surface area contributed by atoms with Gasteiger partial charge in [0.05, 0.1) is 4.90 Å². The fraction of sp³-hybridized carbons (Fsp3) is 0.143. The minimum atomic E-state index is -3.37. The van der Waals surface area contributed by atoms with E-state index in [0.29, 0.717) is 4.90 Å². The van der Waals surface area contributed by atoms with Gasteiger partial charge in [-0.2, -0.15) is 0 Å². The van der Waals surface area contributed by atoms with Gasteiger partial charge in [-0.05, 0) is 25.1 Å². The van der Waals surface area contributed by atoms with Crippen LogP contribution in [0.3, 0.4) is 0 Å². The standard InChI is InChI=1S/C14H14N2O2S/c1-12-4-6-14(7-5-12)19(17,18)11-16-10-13-3-2-8-15-9-13/h2-10H,11H2,1H3. The van der Waals surface area contributed by atoms with E-state index in [1.165, 1.54) is 6.21 Å². The lowest BCUT2D eigenvalue weighted by atomic mass is 10.2. The number of aryl methyl sites for hydroxylation is 1. The topological polar surface area (TPSA) is 59.4 Å². The molecule has 0 N–H and O–H groups in total. The lowest BCUT2D eigenvalue weighted by Crippen LogP contribution is -2.05. The maximum atomic E-state index is 12.0. The average Bonchev–Trinajstić information content (AvgIpc) is 2.40. The van der Waals surface area contributed by atoms with Crippen molar-refractivity contribution in [2.75, 3.05) is 5.88 Å². The molecule has 1 heterocycles. The molecule has 0 unspecified atom stereocenters. The molecule has 0 amide bonds. The van der Waals surface area contributed by atoms with Crippen LogP contribution in [-0.4, -0.2) is 25.5 Å². The number of nitrogens with zero attached hydrogens (tertiary/aromatic N) is 2. The maximum Gasteiger partial charge on any atom is 0.198 e. The van der Waals surface area contributed by atoms with Crippen LogP contribution in [0.5, 0.6) is 0 Å². The second kappa shape index (κ2) is 5.75. The molecule has 0 aliphatic rings. The van der Waals surface area contributed by atoms with Crippen molar-refractivity contribution >= 4 is 16.1 Å². The molecule has 0 fully saturated rings. The van der Waals surface area contributed by atoms with Crippen LogP contribution in [0.25, 0.3) is 0 Å². The van der Waals surface area contributed by atoms with Crippen LogP contribution in [-0.2, 0) is 9.84 Å². The van der Waals surface area contributed by atoms with Gasteiger partial charge in [-0.15, -0.1) is 0 Å². The largest absolute Gasteiger partial charge is 0.276 e. The van der Waals surface area contributed by atoms with Gasteiger partial charge in [-0.25, -0.2) is 8.42 Å². The SMILES string of the molecule is Cc1ccc(S(=O)(=O)CN=Cc2cccnc2)cc1. The van der Waals surface area contributed by atoms with Crippen molar-refractivity contribution in [2.24, 2.45) is 4.99 Å². The van der Waals surface area contributed by atoms with Gasteiger partial charge in [-0.3, -0.25) is 9.98 Å². The maximum absolute atomic E-state index is 12.0. The number of rotatable bonds is 4. The minimum absolute atomic E-state index is 0.259. The first kappa shape index (κ1) is 13.4. The summed E-state index contributed by atoms with van der Waals surface area (Å²) >= 11 is 0. The van der Waals surface area contributed by atoms with Crippen LogP contribution >= 0.6 is 0 Å². The van der Waals surface area contributed by atoms with Crippen molar-refractivity contribution in [3.8, 4) is 0 Å². The number of pyridine rings is 1. The first-order chi connectivity index (χ1) is 9.08. The zero-order valence-electron chi connectivity index (χ0n) is 10.5. The van der Waals surface area contributed by atoms with E-state index in [-0.39, 0.29) is 5.88 Å². The van der Waals surface area contributed by atoms with E-state index in [2.05, 4.69) is 9.98 Å². The van der Waals surface area contributed by atoms with Crippen molar-refractivity contribution in [2.45, 2.75) is 11.8 Å². The van der Waals surface area contributed by atoms with Gasteiger partial charge in [0.2, 0.25) is 0 Å². The minimum Gasteiger partial charge on any atom is -0.276 e. The van der Waals surface area contributed by atoms with E-state index in [1.807, 2.05) is 13.0 Å². The summed E-state index contributed by atoms with van der Waals surface area (Å²) in [5.41, 5.74) is 1.81. The van der Waals surface area contributed by atoms with Crippen molar-refractivity contribution in [1.82, 2.24) is 4.98 Å². The van der Waals surface area contributed by atoms with Crippen molar-refractivity contribution < 1.29 is 8.42 Å². The predicted octanol–water partition coefficient (Wildman–Crippen LogP) is 2.24. The molecule has 98 valence electrons. The summed E-state index contributed by atoms with van der Waals surface area (Å²) in [4.78, 5) is 8.18. The molecule has 0 spiro atoms. The second-order valence-corrected chi connectivity index (χ2v) is 6.11. The number of aromatic nitrogens is 1. The van der Waals surface area contributed by atoms with Gasteiger partial charge in [0.25, 0.3) is 0 Å². The van der Waals surface area contributed by atoms with Gasteiger partial charge < -0.3 is 0 Å². The Morgan fingerprint density at radius 2 is 1.95 bits per heavy atom. The Kier molecular flexibility index (Phi) is 4.06. The molecule has 0 aliphatic carbocycles. The Morgan fingerprint density at radius 1 is 1.21 bits per heavy atom. The monoisotopic (exact) mass is 274 g/mol. The molecule has 1 aromatic carbocycles. The van der Waals surface area contributed by atoms with Crippen molar-refractivity contribution in [1.29, 1.82) is 0 Å². The van der Waals surface area contributed by atoms with Crippen LogP contribution in [0.4, 0.5) is 0 Å². The smallest absolute Gasteiger partial charge is 0.198 e. The van der Waals surface area contributed by atoms with Crippen LogP contribution < -0.4 is 0 Å². The molecule has 2 rings (SSSR count). The Hall–Kier alpha value is -2.01. The number of benzene rings is 1. The number of hydrogen-bond acceptors (Lipinski definition) is 4. The summed E-state index contributed by atoms with van der Waals surface area (Å²) in [6, 6.07) is 10.3. The Balaban J connectivity index is 2.10. The van der Waals surface area contributed by atoms with Crippen LogP contribution in [0.15, 0.2) is 58.7 Å². The van der Waals surface area contributed by atoms with E-state index in [9.17, 15) is 8.42 Å². The summed E-state index contributed by atoms with van der Waals surface area (Å²) in [6.07, 6.45) is 4.79. The highest BCUT2D eigenvalue weighted by Gasteiger charge is 2.12. The van der Waals surface area contributed by atoms with E-state index in [4.69, 9.17) is 0 Å². The number of sulfone groups is 1. The average molecular weight is 274 g/mol. The Bertz CT molecular complexity index is 662. The van der Waals surface area contributed by atoms with Gasteiger partial charge in [0.1, 0.15) is 5.88 Å². The highest BCUT2D eigenvalue weighted by atomic mass is 32.2. The summed E-state index contributed by atoms with van der Waals surface area (Å²) in [5, 5.41) is 0. The zero-order chi connectivity index (χ0) is 13.7. The molecular formula is C14H14N2O2S. The van der Waals surface area contributed by atoms with Crippen molar-refractivity contribution in [3.63, 3.8) is 0 Å². The van der Waals surface area contributed by atoms with Crippen molar-refractivity contribution in [3.05, 3.63) is 59.9 Å². The van der Waals surface area contributed by atoms with Crippen LogP contribution in [0.1, 0.15) is 11.1 Å². The zero-order valence-corrected chi connectivity index (χ0v) is 11.3. The molecule has 1 aromatic heterocycles. The van der Waals surface area contributed by atoms with Crippen LogP contribution in [0, 0.1) is 6.92 Å². The van der Waals surface area contributed by atoms with E-state index < -0.39 is 9.84 Å². The first-order valence-corrected chi connectivity index (χ1v) is 7.42. The van der Waals surface area contributed by atoms with Gasteiger partial charge in [0.15, 0.2) is 9.84 Å². The lowest BCUT2D eigenvalue weighted by molar-refractivity contribution is 0.596. The van der Waals surface area contributed by atoms with E-state index in [1.54, 1.807) is 42.7 Å². The number of hydrogen-bond donors (Lipinski definition) is 0. The molecule has 19 heavy (non-hydrogen) atoms. The first-order valence-electron chi connectivity index (χ1n) is 5.77. The molecule has 5 heteroatoms. The quantitative estimate of drug-likeness (QED) is 0.803. The fourth-order valence-electron chi connectivity index (χ4n) is 1.51. The molecule has 0 aliphatic heterocycles. The predicted molar refractivity (Wildman–Crippen MR) is 75.1 cm³/mol. The summed E-state index contributed by atoms with van der Waals surface area (Å²) in [5.74, 6) is -0.259. The summed E-state index contributed by atoms with van der Waals surface area (Å²) in [7, 11) is -3.37. The third-order valence-electron chi connectivity index (χ3n) is 2.55. The fourth-order valence-corrected chi connectivity index (χ4v) is 2.48. The highest BCUT2D eigenvalue weighted by Crippen LogP contribution is 2.12. The summed E-state index contributed by atoms with van der Waals surface area (Å²) < 4.78 is 24.0. The molecular weight excluding hydrogens is 260 g/mol. The summed E-state index contributed by atoms with van der Waals surface area (Å²) in [6.45, 7) is 1.91. The Labute approximate surface area is 112 Å². The molecule has 0 saturated carbocycles.